The molecule has 42 heavy (non-hydrogen) atoms. The minimum atomic E-state index is -0.850. The number of esters is 1. The highest BCUT2D eigenvalue weighted by Gasteiger charge is 2.26. The molecule has 1 aliphatic heterocycles. The van der Waals surface area contributed by atoms with Crippen molar-refractivity contribution >= 4 is 23.6 Å². The minimum absolute atomic E-state index is 0.0781. The summed E-state index contributed by atoms with van der Waals surface area (Å²) in [4.78, 5) is 43.1. The Morgan fingerprint density at radius 1 is 0.929 bits per heavy atom. The van der Waals surface area contributed by atoms with Gasteiger partial charge in [0.1, 0.15) is 18.4 Å². The maximum atomic E-state index is 12.8. The number of carbonyl (C=O) groups is 3. The smallest absolute Gasteiger partial charge is 0.328 e. The molecule has 9 nitrogen and oxygen atoms in total. The van der Waals surface area contributed by atoms with E-state index < -0.39 is 18.0 Å². The second kappa shape index (κ2) is 15.2. The van der Waals surface area contributed by atoms with E-state index in [1.807, 2.05) is 71.6 Å². The third-order valence-electron chi connectivity index (χ3n) is 7.28. The number of carbonyl (C=O) groups excluding carboxylic acids is 3. The predicted octanol–water partition coefficient (Wildman–Crippen LogP) is 4.82. The Hall–Kier alpha value is -4.84. The summed E-state index contributed by atoms with van der Waals surface area (Å²) in [5.41, 5.74) is 3.53. The number of rotatable bonds is 11. The highest BCUT2D eigenvalue weighted by Crippen LogP contribution is 2.17. The van der Waals surface area contributed by atoms with Crippen LogP contribution in [0, 0.1) is 6.57 Å². The molecular formula is C33H36N4O5. The molecule has 1 atom stereocenters. The third kappa shape index (κ3) is 9.10. The number of benzene rings is 3. The zero-order valence-electron chi connectivity index (χ0n) is 23.8. The summed E-state index contributed by atoms with van der Waals surface area (Å²) in [6.07, 6.45) is 2.55. The van der Waals surface area contributed by atoms with Gasteiger partial charge in [-0.3, -0.25) is 4.79 Å². The van der Waals surface area contributed by atoms with Gasteiger partial charge in [-0.2, -0.15) is 0 Å². The van der Waals surface area contributed by atoms with Crippen LogP contribution in [-0.4, -0.2) is 55.1 Å². The SMILES string of the molecule is [C-]#[N+]c1ccc(CCC(=O)N2CCC(NC(=O)N[C@@H](Cc3ccc(OCc4ccccc4)cc3)C(=O)OC)CC2)cc1. The number of hydrogen-bond donors (Lipinski definition) is 2. The third-order valence-corrected chi connectivity index (χ3v) is 7.28. The summed E-state index contributed by atoms with van der Waals surface area (Å²) in [6.45, 7) is 8.60. The van der Waals surface area contributed by atoms with Gasteiger partial charge in [0.25, 0.3) is 0 Å². The number of urea groups is 1. The maximum Gasteiger partial charge on any atom is 0.328 e. The molecule has 0 aliphatic carbocycles. The first-order valence-corrected chi connectivity index (χ1v) is 14.1. The Morgan fingerprint density at radius 2 is 1.60 bits per heavy atom. The van der Waals surface area contributed by atoms with Crippen LogP contribution in [0.25, 0.3) is 4.85 Å². The van der Waals surface area contributed by atoms with Crippen molar-refractivity contribution in [2.75, 3.05) is 20.2 Å². The molecule has 2 N–H and O–H groups in total. The van der Waals surface area contributed by atoms with Gasteiger partial charge >= 0.3 is 12.0 Å². The zero-order chi connectivity index (χ0) is 29.7. The molecule has 9 heteroatoms. The van der Waals surface area contributed by atoms with Crippen LogP contribution >= 0.6 is 0 Å². The van der Waals surface area contributed by atoms with Crippen molar-refractivity contribution in [1.82, 2.24) is 15.5 Å². The van der Waals surface area contributed by atoms with Crippen molar-refractivity contribution < 1.29 is 23.9 Å². The van der Waals surface area contributed by atoms with Gasteiger partial charge in [0.2, 0.25) is 5.91 Å². The largest absolute Gasteiger partial charge is 0.489 e. The number of ether oxygens (including phenoxy) is 2. The molecule has 0 aromatic heterocycles. The van der Waals surface area contributed by atoms with Crippen LogP contribution in [0.15, 0.2) is 78.9 Å². The van der Waals surface area contributed by atoms with Gasteiger partial charge < -0.3 is 25.0 Å². The van der Waals surface area contributed by atoms with Gasteiger partial charge in [0.05, 0.1) is 13.7 Å². The number of likely N-dealkylation sites (tertiary alicyclic amines) is 1. The zero-order valence-corrected chi connectivity index (χ0v) is 23.8. The average Bonchev–Trinajstić information content (AvgIpc) is 3.03. The Morgan fingerprint density at radius 3 is 2.24 bits per heavy atom. The van der Waals surface area contributed by atoms with Crippen molar-refractivity contribution in [3.05, 3.63) is 107 Å². The summed E-state index contributed by atoms with van der Waals surface area (Å²) >= 11 is 0. The summed E-state index contributed by atoms with van der Waals surface area (Å²) in [5.74, 6) is 0.260. The normalized spacial score (nSPS) is 13.9. The Balaban J connectivity index is 1.20. The van der Waals surface area contributed by atoms with Crippen molar-refractivity contribution in [2.24, 2.45) is 0 Å². The molecule has 0 spiro atoms. The summed E-state index contributed by atoms with van der Waals surface area (Å²) in [5, 5.41) is 5.69. The molecule has 0 radical (unpaired) electrons. The molecule has 3 amide bonds. The molecule has 0 bridgehead atoms. The summed E-state index contributed by atoms with van der Waals surface area (Å²) < 4.78 is 10.8. The van der Waals surface area contributed by atoms with Gasteiger partial charge in [-0.05, 0) is 42.5 Å². The van der Waals surface area contributed by atoms with Gasteiger partial charge in [0, 0.05) is 32.0 Å². The number of aryl methyl sites for hydroxylation is 1. The molecular weight excluding hydrogens is 532 g/mol. The average molecular weight is 569 g/mol. The number of nitrogens with one attached hydrogen (secondary N) is 2. The van der Waals surface area contributed by atoms with Crippen LogP contribution < -0.4 is 15.4 Å². The van der Waals surface area contributed by atoms with Crippen LogP contribution in [0.3, 0.4) is 0 Å². The van der Waals surface area contributed by atoms with Crippen LogP contribution in [0.1, 0.15) is 36.0 Å². The lowest BCUT2D eigenvalue weighted by molar-refractivity contribution is -0.142. The van der Waals surface area contributed by atoms with E-state index in [0.717, 1.165) is 16.7 Å². The number of amides is 3. The van der Waals surface area contributed by atoms with E-state index in [4.69, 9.17) is 16.0 Å². The minimum Gasteiger partial charge on any atom is -0.489 e. The molecule has 1 fully saturated rings. The van der Waals surface area contributed by atoms with E-state index in [1.54, 1.807) is 12.1 Å². The first-order valence-electron chi connectivity index (χ1n) is 14.1. The second-order valence-electron chi connectivity index (χ2n) is 10.2. The van der Waals surface area contributed by atoms with Crippen molar-refractivity contribution in [3.8, 4) is 5.75 Å². The summed E-state index contributed by atoms with van der Waals surface area (Å²) in [7, 11) is 1.30. The fraction of sp³-hybridized carbons (Fsp3) is 0.333. The maximum absolute atomic E-state index is 12.8. The molecule has 1 saturated heterocycles. The molecule has 0 saturated carbocycles. The molecule has 218 valence electrons. The highest BCUT2D eigenvalue weighted by atomic mass is 16.5. The Bertz CT molecular complexity index is 1360. The quantitative estimate of drug-likeness (QED) is 0.255. The first-order chi connectivity index (χ1) is 20.4. The fourth-order valence-electron chi connectivity index (χ4n) is 4.84. The lowest BCUT2D eigenvalue weighted by Gasteiger charge is -2.32. The van der Waals surface area contributed by atoms with E-state index in [0.29, 0.717) is 56.8 Å². The number of nitrogens with zero attached hydrogens (tertiary/aromatic N) is 2. The van der Waals surface area contributed by atoms with Crippen molar-refractivity contribution in [2.45, 2.75) is 50.8 Å². The molecule has 1 heterocycles. The van der Waals surface area contributed by atoms with E-state index in [2.05, 4.69) is 15.5 Å². The monoisotopic (exact) mass is 568 g/mol. The molecule has 3 aromatic carbocycles. The lowest BCUT2D eigenvalue weighted by Crippen LogP contribution is -2.53. The van der Waals surface area contributed by atoms with Crippen LogP contribution in [0.4, 0.5) is 10.5 Å². The second-order valence-corrected chi connectivity index (χ2v) is 10.2. The molecule has 3 aromatic rings. The number of hydrogen-bond acceptors (Lipinski definition) is 5. The van der Waals surface area contributed by atoms with Gasteiger partial charge in [-0.1, -0.05) is 72.3 Å². The van der Waals surface area contributed by atoms with Crippen LogP contribution in [-0.2, 0) is 33.8 Å². The number of methoxy groups -OCH3 is 1. The predicted molar refractivity (Wildman–Crippen MR) is 159 cm³/mol. The molecule has 4 rings (SSSR count). The van der Waals surface area contributed by atoms with Gasteiger partial charge in [-0.25, -0.2) is 14.4 Å². The Kier molecular flexibility index (Phi) is 10.9. The Labute approximate surface area is 246 Å². The van der Waals surface area contributed by atoms with E-state index in [1.165, 1.54) is 7.11 Å². The lowest BCUT2D eigenvalue weighted by atomic mass is 10.0. The molecule has 0 unspecified atom stereocenters. The molecule has 1 aliphatic rings. The van der Waals surface area contributed by atoms with Crippen molar-refractivity contribution in [1.29, 1.82) is 0 Å². The van der Waals surface area contributed by atoms with E-state index >= 15 is 0 Å². The van der Waals surface area contributed by atoms with E-state index in [9.17, 15) is 14.4 Å². The summed E-state index contributed by atoms with van der Waals surface area (Å²) in [6, 6.07) is 23.2. The van der Waals surface area contributed by atoms with Crippen LogP contribution in [0.2, 0.25) is 0 Å². The first kappa shape index (κ1) is 30.1. The standard InChI is InChI=1S/C33H36N4O5/c1-34-27-13-8-24(9-14-27)12-17-31(38)37-20-18-28(19-21-37)35-33(40)36-30(32(39)41-2)22-25-10-15-29(16-11-25)42-23-26-6-4-3-5-7-26/h3-11,13-16,28,30H,12,17-23H2,2H3,(H2,35,36,40)/t30-/m0/s1. The van der Waals surface area contributed by atoms with Gasteiger partial charge in [0.15, 0.2) is 5.69 Å². The topological polar surface area (TPSA) is 101 Å². The van der Waals surface area contributed by atoms with Crippen LogP contribution in [0.5, 0.6) is 5.75 Å². The number of piperidine rings is 1. The highest BCUT2D eigenvalue weighted by molar-refractivity contribution is 5.84. The van der Waals surface area contributed by atoms with E-state index in [-0.39, 0.29) is 18.4 Å². The van der Waals surface area contributed by atoms with Gasteiger partial charge in [-0.15, -0.1) is 0 Å². The fourth-order valence-corrected chi connectivity index (χ4v) is 4.84. The van der Waals surface area contributed by atoms with Crippen molar-refractivity contribution in [3.63, 3.8) is 0 Å².